The van der Waals surface area contributed by atoms with Crippen LogP contribution in [0.5, 0.6) is 0 Å². The normalized spacial score (nSPS) is 11.2. The lowest BCUT2D eigenvalue weighted by Gasteiger charge is -2.02. The number of carbonyl (C=O) groups excluding carboxylic acids is 1. The molecule has 14 heavy (non-hydrogen) atoms. The molecular formula is C5H9N5O3S. The van der Waals surface area contributed by atoms with Crippen LogP contribution >= 0.6 is 0 Å². The lowest BCUT2D eigenvalue weighted by atomic mass is 10.9. The van der Waals surface area contributed by atoms with Crippen LogP contribution in [0, 0.1) is 0 Å². The minimum absolute atomic E-state index is 0.200. The number of primary amides is 1. The fraction of sp³-hybridized carbons (Fsp3) is 0.200. The molecule has 0 saturated heterocycles. The predicted molar refractivity (Wildman–Crippen MR) is 46.2 cm³/mol. The van der Waals surface area contributed by atoms with Crippen molar-refractivity contribution >= 4 is 16.1 Å². The van der Waals surface area contributed by atoms with E-state index < -0.39 is 16.1 Å². The van der Waals surface area contributed by atoms with Crippen LogP contribution in [0.3, 0.4) is 0 Å². The topological polar surface area (TPSA) is 119 Å². The summed E-state index contributed by atoms with van der Waals surface area (Å²) in [7, 11) is -2.21. The zero-order valence-electron chi connectivity index (χ0n) is 7.26. The summed E-state index contributed by atoms with van der Waals surface area (Å²) in [6.07, 6.45) is 2.60. The maximum absolute atomic E-state index is 11.3. The number of imidazole rings is 1. The van der Waals surface area contributed by atoms with Crippen molar-refractivity contribution in [1.29, 1.82) is 0 Å². The Morgan fingerprint density at radius 2 is 2.29 bits per heavy atom. The Morgan fingerprint density at radius 3 is 2.71 bits per heavy atom. The molecule has 0 saturated carbocycles. The smallest absolute Gasteiger partial charge is 0.327 e. The minimum Gasteiger partial charge on any atom is -0.351 e. The molecule has 0 fully saturated rings. The van der Waals surface area contributed by atoms with Gasteiger partial charge in [-0.05, 0) is 0 Å². The summed E-state index contributed by atoms with van der Waals surface area (Å²) < 4.78 is 24.0. The summed E-state index contributed by atoms with van der Waals surface area (Å²) in [5.41, 5.74) is 6.43. The van der Waals surface area contributed by atoms with Gasteiger partial charge in [0, 0.05) is 13.2 Å². The van der Waals surface area contributed by atoms with Crippen molar-refractivity contribution in [3.8, 4) is 0 Å². The average molecular weight is 219 g/mol. The lowest BCUT2D eigenvalue weighted by Crippen LogP contribution is -2.44. The number of nitrogens with two attached hydrogens (primary N) is 1. The largest absolute Gasteiger partial charge is 0.351 e. The number of urea groups is 1. The lowest BCUT2D eigenvalue weighted by molar-refractivity contribution is 0.247. The van der Waals surface area contributed by atoms with E-state index >= 15 is 0 Å². The number of sulfonamides is 1. The van der Waals surface area contributed by atoms with Gasteiger partial charge in [0.15, 0.2) is 5.03 Å². The third kappa shape index (κ3) is 2.44. The fourth-order valence-corrected chi connectivity index (χ4v) is 1.53. The van der Waals surface area contributed by atoms with Crippen molar-refractivity contribution in [1.82, 2.24) is 19.8 Å². The van der Waals surface area contributed by atoms with E-state index in [1.807, 2.05) is 0 Å². The summed E-state index contributed by atoms with van der Waals surface area (Å²) in [5, 5.41) is -0.200. The second-order valence-corrected chi connectivity index (χ2v) is 4.10. The van der Waals surface area contributed by atoms with Gasteiger partial charge in [-0.3, -0.25) is 5.43 Å². The van der Waals surface area contributed by atoms with Crippen molar-refractivity contribution in [2.75, 3.05) is 0 Å². The van der Waals surface area contributed by atoms with Crippen molar-refractivity contribution in [2.24, 2.45) is 12.8 Å². The molecule has 1 aromatic heterocycles. The number of nitrogens with zero attached hydrogens (tertiary/aromatic N) is 2. The molecule has 9 heteroatoms. The SMILES string of the molecule is Cn1cnc(S(=O)(=O)NNC(N)=O)c1. The second-order valence-electron chi connectivity index (χ2n) is 2.47. The van der Waals surface area contributed by atoms with Gasteiger partial charge in [-0.2, -0.15) is 0 Å². The van der Waals surface area contributed by atoms with E-state index in [1.165, 1.54) is 17.1 Å². The number of rotatable bonds is 3. The molecule has 0 bridgehead atoms. The van der Waals surface area contributed by atoms with Crippen LogP contribution in [-0.2, 0) is 17.1 Å². The molecule has 0 atom stereocenters. The molecule has 8 nitrogen and oxygen atoms in total. The summed E-state index contributed by atoms with van der Waals surface area (Å²) in [4.78, 5) is 15.6. The highest BCUT2D eigenvalue weighted by Crippen LogP contribution is 2.01. The first-order valence-corrected chi connectivity index (χ1v) is 4.95. The maximum Gasteiger partial charge on any atom is 0.327 e. The Balaban J connectivity index is 2.81. The average Bonchev–Trinajstić information content (AvgIpc) is 2.49. The van der Waals surface area contributed by atoms with Crippen molar-refractivity contribution in [3.63, 3.8) is 0 Å². The van der Waals surface area contributed by atoms with E-state index in [0.29, 0.717) is 0 Å². The van der Waals surface area contributed by atoms with Crippen molar-refractivity contribution in [2.45, 2.75) is 5.03 Å². The van der Waals surface area contributed by atoms with Gasteiger partial charge in [0.25, 0.3) is 10.0 Å². The molecule has 4 N–H and O–H groups in total. The Bertz CT molecular complexity index is 436. The van der Waals surface area contributed by atoms with Gasteiger partial charge < -0.3 is 10.3 Å². The van der Waals surface area contributed by atoms with Crippen molar-refractivity contribution < 1.29 is 13.2 Å². The van der Waals surface area contributed by atoms with Crippen LogP contribution in [0.2, 0.25) is 0 Å². The Morgan fingerprint density at radius 1 is 1.64 bits per heavy atom. The standard InChI is InChI=1S/C5H9N5O3S/c1-10-2-4(7-3-10)14(12,13)9-8-5(6)11/h2-3,9H,1H3,(H3,6,8,11). The van der Waals surface area contributed by atoms with E-state index in [0.717, 1.165) is 0 Å². The number of hydrogen-bond donors (Lipinski definition) is 3. The zero-order valence-corrected chi connectivity index (χ0v) is 8.08. The first-order chi connectivity index (χ1) is 6.42. The van der Waals surface area contributed by atoms with Crippen LogP contribution in [0.1, 0.15) is 0 Å². The molecule has 0 spiro atoms. The zero-order chi connectivity index (χ0) is 10.8. The van der Waals surface area contributed by atoms with E-state index in [1.54, 1.807) is 17.3 Å². The van der Waals surface area contributed by atoms with Gasteiger partial charge in [-0.25, -0.2) is 18.2 Å². The van der Waals surface area contributed by atoms with Crippen LogP contribution in [-0.4, -0.2) is 24.0 Å². The molecule has 2 amide bonds. The van der Waals surface area contributed by atoms with Crippen LogP contribution in [0.15, 0.2) is 17.6 Å². The number of aryl methyl sites for hydroxylation is 1. The number of aromatic nitrogens is 2. The quantitative estimate of drug-likeness (QED) is 0.524. The molecule has 0 radical (unpaired) electrons. The molecule has 1 rings (SSSR count). The van der Waals surface area contributed by atoms with Gasteiger partial charge in [-0.1, -0.05) is 0 Å². The number of carbonyl (C=O) groups is 1. The third-order valence-corrected chi connectivity index (χ3v) is 2.40. The molecule has 1 aromatic rings. The molecule has 0 aliphatic carbocycles. The molecule has 1 heterocycles. The molecule has 78 valence electrons. The highest BCUT2D eigenvalue weighted by molar-refractivity contribution is 7.89. The number of hydrazine groups is 1. The van der Waals surface area contributed by atoms with Crippen LogP contribution in [0.4, 0.5) is 4.79 Å². The van der Waals surface area contributed by atoms with E-state index in [9.17, 15) is 13.2 Å². The van der Waals surface area contributed by atoms with E-state index in [-0.39, 0.29) is 5.03 Å². The fourth-order valence-electron chi connectivity index (χ4n) is 0.697. The molecule has 0 aliphatic rings. The number of amides is 2. The van der Waals surface area contributed by atoms with Crippen LogP contribution < -0.4 is 16.0 Å². The minimum atomic E-state index is -3.83. The summed E-state index contributed by atoms with van der Waals surface area (Å²) in [5.74, 6) is 0. The Labute approximate surface area is 80.1 Å². The summed E-state index contributed by atoms with van der Waals surface area (Å²) in [6, 6.07) is -0.996. The van der Waals surface area contributed by atoms with Gasteiger partial charge >= 0.3 is 6.03 Å². The van der Waals surface area contributed by atoms with E-state index in [2.05, 4.69) is 10.7 Å². The first-order valence-electron chi connectivity index (χ1n) is 3.47. The first kappa shape index (κ1) is 10.5. The van der Waals surface area contributed by atoms with Crippen molar-refractivity contribution in [3.05, 3.63) is 12.5 Å². The number of hydrogen-bond acceptors (Lipinski definition) is 4. The second kappa shape index (κ2) is 3.64. The van der Waals surface area contributed by atoms with Gasteiger partial charge in [0.05, 0.1) is 6.33 Å². The van der Waals surface area contributed by atoms with E-state index in [4.69, 9.17) is 0 Å². The molecule has 0 unspecified atom stereocenters. The summed E-state index contributed by atoms with van der Waals surface area (Å²) >= 11 is 0. The molecular weight excluding hydrogens is 210 g/mol. The highest BCUT2D eigenvalue weighted by Gasteiger charge is 2.16. The molecule has 0 aliphatic heterocycles. The monoisotopic (exact) mass is 219 g/mol. The van der Waals surface area contributed by atoms with Gasteiger partial charge in [0.1, 0.15) is 0 Å². The van der Waals surface area contributed by atoms with Gasteiger partial charge in [0.2, 0.25) is 0 Å². The van der Waals surface area contributed by atoms with Gasteiger partial charge in [-0.15, -0.1) is 4.83 Å². The third-order valence-electron chi connectivity index (χ3n) is 1.27. The Hall–Kier alpha value is -1.61. The molecule has 0 aromatic carbocycles. The number of nitrogens with one attached hydrogen (secondary N) is 2. The van der Waals surface area contributed by atoms with Crippen LogP contribution in [0.25, 0.3) is 0 Å². The maximum atomic E-state index is 11.3. The highest BCUT2D eigenvalue weighted by atomic mass is 32.2. The summed E-state index contributed by atoms with van der Waals surface area (Å²) in [6.45, 7) is 0. The Kier molecular flexibility index (Phi) is 2.72. The predicted octanol–water partition coefficient (Wildman–Crippen LogP) is -1.72.